The molecule has 1 aliphatic heterocycles. The number of aryl methyl sites for hydroxylation is 1. The minimum Gasteiger partial charge on any atom is -0.390 e. The third kappa shape index (κ3) is 4.81. The lowest BCUT2D eigenvalue weighted by molar-refractivity contribution is 0.0991. The van der Waals surface area contributed by atoms with E-state index in [1.807, 2.05) is 6.92 Å². The van der Waals surface area contributed by atoms with Crippen LogP contribution >= 0.6 is 23.4 Å². The number of hydrogen-bond donors (Lipinski definition) is 3. The number of nitrogens with zero attached hydrogens (tertiary/aromatic N) is 4. The molecule has 3 rings (SSSR count). The standard InChI is InChI=1S/C20H29ClN6O2S/c1-12-19(30-14-4-7-24-17(23)16(14)21)26-13(10-28)18(25-12)27-8-5-20(2,6-9-27)15(22)11-29-3/h4,7,15,28H,5-6,8-11,22H2,1-3H3,(H2,23,24)/t15-/m0/s1. The van der Waals surface area contributed by atoms with E-state index >= 15 is 0 Å². The molecule has 2 aromatic rings. The molecule has 1 fully saturated rings. The number of aliphatic hydroxyl groups excluding tert-OH is 1. The summed E-state index contributed by atoms with van der Waals surface area (Å²) in [4.78, 5) is 16.4. The molecule has 0 unspecified atom stereocenters. The van der Waals surface area contributed by atoms with Gasteiger partial charge >= 0.3 is 0 Å². The molecule has 0 spiro atoms. The van der Waals surface area contributed by atoms with Crippen LogP contribution in [0.5, 0.6) is 0 Å². The number of rotatable bonds is 7. The van der Waals surface area contributed by atoms with Crippen LogP contribution in [0, 0.1) is 12.3 Å². The van der Waals surface area contributed by atoms with Crippen molar-refractivity contribution in [3.05, 3.63) is 28.7 Å². The first-order valence-corrected chi connectivity index (χ1v) is 11.0. The first-order chi connectivity index (χ1) is 14.3. The second-order valence-electron chi connectivity index (χ2n) is 7.86. The van der Waals surface area contributed by atoms with Gasteiger partial charge in [0.25, 0.3) is 0 Å². The summed E-state index contributed by atoms with van der Waals surface area (Å²) in [6.07, 6.45) is 3.45. The molecule has 1 saturated heterocycles. The Hall–Kier alpha value is -1.65. The number of nitrogen functional groups attached to an aromatic ring is 1. The predicted octanol–water partition coefficient (Wildman–Crippen LogP) is 2.64. The highest BCUT2D eigenvalue weighted by molar-refractivity contribution is 7.99. The quantitative estimate of drug-likeness (QED) is 0.581. The molecule has 0 bridgehead atoms. The number of methoxy groups -OCH3 is 1. The van der Waals surface area contributed by atoms with Gasteiger partial charge in [-0.15, -0.1) is 0 Å². The molecule has 3 heterocycles. The zero-order chi connectivity index (χ0) is 21.9. The summed E-state index contributed by atoms with van der Waals surface area (Å²) >= 11 is 7.63. The smallest absolute Gasteiger partial charge is 0.153 e. The Kier molecular flexibility index (Phi) is 7.41. The van der Waals surface area contributed by atoms with Gasteiger partial charge in [0.15, 0.2) is 5.82 Å². The molecule has 0 aliphatic carbocycles. The molecular formula is C20H29ClN6O2S. The zero-order valence-electron chi connectivity index (χ0n) is 17.6. The number of piperidine rings is 1. The highest BCUT2D eigenvalue weighted by Crippen LogP contribution is 2.38. The highest BCUT2D eigenvalue weighted by Gasteiger charge is 2.36. The Morgan fingerprint density at radius 3 is 2.70 bits per heavy atom. The largest absolute Gasteiger partial charge is 0.390 e. The van der Waals surface area contributed by atoms with Crippen LogP contribution in [-0.2, 0) is 11.3 Å². The SMILES string of the molecule is COC[C@H](N)C1(C)CCN(c2nc(C)c(Sc3ccnc(N)c3Cl)nc2CO)CC1. The molecular weight excluding hydrogens is 424 g/mol. The minimum absolute atomic E-state index is 0.00824. The topological polar surface area (TPSA) is 123 Å². The summed E-state index contributed by atoms with van der Waals surface area (Å²) in [5.41, 5.74) is 13.5. The highest BCUT2D eigenvalue weighted by atomic mass is 35.5. The van der Waals surface area contributed by atoms with Crippen molar-refractivity contribution in [3.63, 3.8) is 0 Å². The number of halogens is 1. The Morgan fingerprint density at radius 2 is 2.07 bits per heavy atom. The van der Waals surface area contributed by atoms with Crippen LogP contribution in [0.15, 0.2) is 22.2 Å². The van der Waals surface area contributed by atoms with Crippen LogP contribution in [0.3, 0.4) is 0 Å². The van der Waals surface area contributed by atoms with Crippen LogP contribution < -0.4 is 16.4 Å². The van der Waals surface area contributed by atoms with Gasteiger partial charge in [-0.2, -0.15) is 0 Å². The van der Waals surface area contributed by atoms with E-state index in [9.17, 15) is 5.11 Å². The van der Waals surface area contributed by atoms with E-state index in [4.69, 9.17) is 32.8 Å². The van der Waals surface area contributed by atoms with Gasteiger partial charge in [-0.05, 0) is 31.2 Å². The molecule has 10 heteroatoms. The Labute approximate surface area is 186 Å². The van der Waals surface area contributed by atoms with Crippen molar-refractivity contribution in [1.82, 2.24) is 15.0 Å². The lowest BCUT2D eigenvalue weighted by Crippen LogP contribution is -2.50. The number of pyridine rings is 1. The Morgan fingerprint density at radius 1 is 1.37 bits per heavy atom. The number of hydrogen-bond acceptors (Lipinski definition) is 9. The van der Waals surface area contributed by atoms with Crippen molar-refractivity contribution in [3.8, 4) is 0 Å². The van der Waals surface area contributed by atoms with E-state index in [0.29, 0.717) is 22.3 Å². The van der Waals surface area contributed by atoms with Crippen LogP contribution in [-0.4, -0.2) is 52.9 Å². The van der Waals surface area contributed by atoms with Gasteiger partial charge in [-0.3, -0.25) is 0 Å². The van der Waals surface area contributed by atoms with Gasteiger partial charge in [0.05, 0.1) is 23.9 Å². The van der Waals surface area contributed by atoms with E-state index in [1.165, 1.54) is 11.8 Å². The van der Waals surface area contributed by atoms with Crippen molar-refractivity contribution in [2.75, 3.05) is 37.4 Å². The van der Waals surface area contributed by atoms with E-state index < -0.39 is 0 Å². The number of anilines is 2. The van der Waals surface area contributed by atoms with Crippen molar-refractivity contribution in [1.29, 1.82) is 0 Å². The fraction of sp³-hybridized carbons (Fsp3) is 0.550. The monoisotopic (exact) mass is 452 g/mol. The molecule has 0 saturated carbocycles. The van der Waals surface area contributed by atoms with Gasteiger partial charge in [0, 0.05) is 37.3 Å². The normalized spacial score (nSPS) is 17.2. The van der Waals surface area contributed by atoms with E-state index in [1.54, 1.807) is 19.4 Å². The lowest BCUT2D eigenvalue weighted by atomic mass is 9.74. The third-order valence-corrected chi connectivity index (χ3v) is 7.41. The third-order valence-electron chi connectivity index (χ3n) is 5.76. The maximum Gasteiger partial charge on any atom is 0.153 e. The second-order valence-corrected chi connectivity index (χ2v) is 9.26. The Bertz CT molecular complexity index is 892. The van der Waals surface area contributed by atoms with Crippen molar-refractivity contribution < 1.29 is 9.84 Å². The molecule has 5 N–H and O–H groups in total. The number of nitrogens with two attached hydrogens (primary N) is 2. The molecule has 0 amide bonds. The molecule has 0 radical (unpaired) electrons. The van der Waals surface area contributed by atoms with Crippen molar-refractivity contribution in [2.24, 2.45) is 11.1 Å². The molecule has 0 aromatic carbocycles. The average Bonchev–Trinajstić information content (AvgIpc) is 2.73. The van der Waals surface area contributed by atoms with Gasteiger partial charge in [0.1, 0.15) is 16.5 Å². The number of ether oxygens (including phenoxy) is 1. The number of aromatic nitrogens is 3. The van der Waals surface area contributed by atoms with Gasteiger partial charge in [-0.1, -0.05) is 30.3 Å². The van der Waals surface area contributed by atoms with E-state index in [0.717, 1.165) is 42.3 Å². The van der Waals surface area contributed by atoms with Gasteiger partial charge in [0.2, 0.25) is 0 Å². The predicted molar refractivity (Wildman–Crippen MR) is 120 cm³/mol. The Balaban J connectivity index is 1.80. The van der Waals surface area contributed by atoms with Crippen molar-refractivity contribution in [2.45, 2.75) is 49.3 Å². The summed E-state index contributed by atoms with van der Waals surface area (Å²) in [5, 5.41) is 11.0. The molecule has 1 aliphatic rings. The molecule has 8 nitrogen and oxygen atoms in total. The molecule has 164 valence electrons. The molecule has 1 atom stereocenters. The maximum atomic E-state index is 9.96. The zero-order valence-corrected chi connectivity index (χ0v) is 19.1. The van der Waals surface area contributed by atoms with Crippen LogP contribution in [0.25, 0.3) is 0 Å². The fourth-order valence-electron chi connectivity index (χ4n) is 3.59. The number of aliphatic hydroxyl groups is 1. The minimum atomic E-state index is -0.195. The second kappa shape index (κ2) is 9.65. The average molecular weight is 453 g/mol. The first-order valence-electron chi connectivity index (χ1n) is 9.84. The summed E-state index contributed by atoms with van der Waals surface area (Å²) in [5.74, 6) is 0.997. The molecule has 30 heavy (non-hydrogen) atoms. The van der Waals surface area contributed by atoms with E-state index in [-0.39, 0.29) is 23.9 Å². The van der Waals surface area contributed by atoms with Crippen molar-refractivity contribution >= 4 is 35.0 Å². The van der Waals surface area contributed by atoms with Gasteiger partial charge in [-0.25, -0.2) is 15.0 Å². The van der Waals surface area contributed by atoms with Gasteiger partial charge < -0.3 is 26.2 Å². The maximum absolute atomic E-state index is 9.96. The molecule has 2 aromatic heterocycles. The summed E-state index contributed by atoms with van der Waals surface area (Å²) in [6, 6.07) is 1.78. The summed E-state index contributed by atoms with van der Waals surface area (Å²) < 4.78 is 5.25. The van der Waals surface area contributed by atoms with Crippen LogP contribution in [0.1, 0.15) is 31.2 Å². The fourth-order valence-corrected chi connectivity index (χ4v) is 4.69. The first kappa shape index (κ1) is 23.0. The summed E-state index contributed by atoms with van der Waals surface area (Å²) in [6.45, 7) is 6.07. The van der Waals surface area contributed by atoms with Crippen LogP contribution in [0.2, 0.25) is 5.02 Å². The van der Waals surface area contributed by atoms with Crippen LogP contribution in [0.4, 0.5) is 11.6 Å². The van der Waals surface area contributed by atoms with E-state index in [2.05, 4.69) is 21.8 Å². The lowest BCUT2D eigenvalue weighted by Gasteiger charge is -2.43. The summed E-state index contributed by atoms with van der Waals surface area (Å²) in [7, 11) is 1.68.